The predicted octanol–water partition coefficient (Wildman–Crippen LogP) is 2.32. The minimum Gasteiger partial charge on any atom is -0.316 e. The summed E-state index contributed by atoms with van der Waals surface area (Å²) in [6.45, 7) is 6.68. The fourth-order valence-electron chi connectivity index (χ4n) is 1.09. The summed E-state index contributed by atoms with van der Waals surface area (Å²) in [5.41, 5.74) is 3.10. The Kier molecular flexibility index (Phi) is 5.01. The minimum atomic E-state index is 0.798. The molecular weight excluding hydrogens is 180 g/mol. The van der Waals surface area contributed by atoms with Crippen molar-refractivity contribution in [1.82, 2.24) is 10.3 Å². The van der Waals surface area contributed by atoms with Crippen molar-refractivity contribution in [1.29, 1.82) is 0 Å². The SMILES string of the molecule is CC(C)CCNCCc1cscn1. The average molecular weight is 198 g/mol. The summed E-state index contributed by atoms with van der Waals surface area (Å²) in [5, 5.41) is 5.53. The topological polar surface area (TPSA) is 24.9 Å². The minimum absolute atomic E-state index is 0.798. The molecule has 0 amide bonds. The molecule has 0 aliphatic carbocycles. The van der Waals surface area contributed by atoms with Crippen molar-refractivity contribution < 1.29 is 0 Å². The van der Waals surface area contributed by atoms with E-state index in [4.69, 9.17) is 0 Å². The van der Waals surface area contributed by atoms with Crippen molar-refractivity contribution in [2.75, 3.05) is 13.1 Å². The molecule has 3 heteroatoms. The Labute approximate surface area is 84.4 Å². The van der Waals surface area contributed by atoms with Crippen molar-refractivity contribution in [3.05, 3.63) is 16.6 Å². The second kappa shape index (κ2) is 6.11. The van der Waals surface area contributed by atoms with E-state index in [2.05, 4.69) is 29.5 Å². The summed E-state index contributed by atoms with van der Waals surface area (Å²) in [6, 6.07) is 0. The van der Waals surface area contributed by atoms with Gasteiger partial charge in [0.05, 0.1) is 11.2 Å². The molecule has 0 atom stereocenters. The molecule has 1 aromatic rings. The first-order valence-electron chi connectivity index (χ1n) is 4.87. The summed E-state index contributed by atoms with van der Waals surface area (Å²) in [5.74, 6) is 0.798. The van der Waals surface area contributed by atoms with Gasteiger partial charge in [-0.2, -0.15) is 0 Å². The van der Waals surface area contributed by atoms with Crippen molar-refractivity contribution in [2.24, 2.45) is 5.92 Å². The van der Waals surface area contributed by atoms with E-state index in [1.165, 1.54) is 12.1 Å². The maximum atomic E-state index is 4.23. The summed E-state index contributed by atoms with van der Waals surface area (Å²) in [6.07, 6.45) is 2.32. The zero-order chi connectivity index (χ0) is 9.52. The molecule has 0 spiro atoms. The lowest BCUT2D eigenvalue weighted by Gasteiger charge is -2.05. The first-order chi connectivity index (χ1) is 6.29. The molecule has 1 aromatic heterocycles. The molecule has 0 aromatic carbocycles. The van der Waals surface area contributed by atoms with E-state index in [0.29, 0.717) is 0 Å². The highest BCUT2D eigenvalue weighted by atomic mass is 32.1. The van der Waals surface area contributed by atoms with E-state index in [9.17, 15) is 0 Å². The van der Waals surface area contributed by atoms with Gasteiger partial charge in [-0.15, -0.1) is 11.3 Å². The molecule has 1 heterocycles. The Morgan fingerprint density at radius 3 is 2.92 bits per heavy atom. The largest absolute Gasteiger partial charge is 0.316 e. The van der Waals surface area contributed by atoms with E-state index in [1.54, 1.807) is 11.3 Å². The van der Waals surface area contributed by atoms with E-state index < -0.39 is 0 Å². The lowest BCUT2D eigenvalue weighted by atomic mass is 10.1. The fraction of sp³-hybridized carbons (Fsp3) is 0.700. The Morgan fingerprint density at radius 1 is 1.46 bits per heavy atom. The van der Waals surface area contributed by atoms with Crippen molar-refractivity contribution in [3.63, 3.8) is 0 Å². The van der Waals surface area contributed by atoms with E-state index in [1.807, 2.05) is 5.51 Å². The van der Waals surface area contributed by atoms with Crippen LogP contribution in [0.1, 0.15) is 26.0 Å². The smallest absolute Gasteiger partial charge is 0.0794 e. The number of nitrogens with zero attached hydrogens (tertiary/aromatic N) is 1. The molecule has 0 aliphatic heterocycles. The van der Waals surface area contributed by atoms with E-state index in [0.717, 1.165) is 25.4 Å². The second-order valence-electron chi connectivity index (χ2n) is 3.66. The molecule has 0 saturated heterocycles. The standard InChI is InChI=1S/C10H18N2S/c1-9(2)3-5-11-6-4-10-7-13-8-12-10/h7-9,11H,3-6H2,1-2H3. The molecule has 0 radical (unpaired) electrons. The Bertz CT molecular complexity index is 207. The first-order valence-corrected chi connectivity index (χ1v) is 5.81. The van der Waals surface area contributed by atoms with Gasteiger partial charge < -0.3 is 5.32 Å². The molecule has 1 N–H and O–H groups in total. The molecule has 0 aliphatic rings. The van der Waals surface area contributed by atoms with Crippen LogP contribution in [0.15, 0.2) is 10.9 Å². The molecular formula is C10H18N2S. The van der Waals surface area contributed by atoms with Gasteiger partial charge in [-0.3, -0.25) is 0 Å². The van der Waals surface area contributed by atoms with Gasteiger partial charge in [0.1, 0.15) is 0 Å². The van der Waals surface area contributed by atoms with Crippen molar-refractivity contribution in [3.8, 4) is 0 Å². The zero-order valence-electron chi connectivity index (χ0n) is 8.42. The second-order valence-corrected chi connectivity index (χ2v) is 4.38. The third-order valence-electron chi connectivity index (χ3n) is 1.94. The van der Waals surface area contributed by atoms with Crippen LogP contribution in [0.2, 0.25) is 0 Å². The Morgan fingerprint density at radius 2 is 2.31 bits per heavy atom. The highest BCUT2D eigenvalue weighted by molar-refractivity contribution is 7.07. The molecule has 13 heavy (non-hydrogen) atoms. The van der Waals surface area contributed by atoms with Crippen LogP contribution in [0.3, 0.4) is 0 Å². The molecule has 1 rings (SSSR count). The molecule has 0 bridgehead atoms. The fourth-order valence-corrected chi connectivity index (χ4v) is 1.69. The Balaban J connectivity index is 1.96. The quantitative estimate of drug-likeness (QED) is 0.710. The van der Waals surface area contributed by atoms with Crippen LogP contribution in [0.4, 0.5) is 0 Å². The lowest BCUT2D eigenvalue weighted by molar-refractivity contribution is 0.538. The van der Waals surface area contributed by atoms with Gasteiger partial charge in [-0.1, -0.05) is 13.8 Å². The van der Waals surface area contributed by atoms with Gasteiger partial charge >= 0.3 is 0 Å². The average Bonchev–Trinajstić information content (AvgIpc) is 2.55. The molecule has 0 unspecified atom stereocenters. The number of aromatic nitrogens is 1. The maximum absolute atomic E-state index is 4.23. The molecule has 0 fully saturated rings. The van der Waals surface area contributed by atoms with Gasteiger partial charge in [0.15, 0.2) is 0 Å². The van der Waals surface area contributed by atoms with Crippen LogP contribution >= 0.6 is 11.3 Å². The van der Waals surface area contributed by atoms with Gasteiger partial charge in [0.2, 0.25) is 0 Å². The summed E-state index contributed by atoms with van der Waals surface area (Å²) in [7, 11) is 0. The van der Waals surface area contributed by atoms with Crippen molar-refractivity contribution in [2.45, 2.75) is 26.7 Å². The highest BCUT2D eigenvalue weighted by Gasteiger charge is 1.95. The maximum Gasteiger partial charge on any atom is 0.0794 e. The van der Waals surface area contributed by atoms with Crippen LogP contribution in [-0.2, 0) is 6.42 Å². The summed E-state index contributed by atoms with van der Waals surface area (Å²) >= 11 is 1.67. The zero-order valence-corrected chi connectivity index (χ0v) is 9.23. The van der Waals surface area contributed by atoms with E-state index >= 15 is 0 Å². The third-order valence-corrected chi connectivity index (χ3v) is 2.58. The van der Waals surface area contributed by atoms with Crippen molar-refractivity contribution >= 4 is 11.3 Å². The van der Waals surface area contributed by atoms with Crippen LogP contribution in [0.25, 0.3) is 0 Å². The van der Waals surface area contributed by atoms with Gasteiger partial charge in [0.25, 0.3) is 0 Å². The van der Waals surface area contributed by atoms with Crippen LogP contribution in [0.5, 0.6) is 0 Å². The number of thiazole rings is 1. The first kappa shape index (κ1) is 10.7. The molecule has 2 nitrogen and oxygen atoms in total. The lowest BCUT2D eigenvalue weighted by Crippen LogP contribution is -2.19. The molecule has 0 saturated carbocycles. The highest BCUT2D eigenvalue weighted by Crippen LogP contribution is 2.01. The molecule has 74 valence electrons. The van der Waals surface area contributed by atoms with Crippen LogP contribution in [-0.4, -0.2) is 18.1 Å². The Hall–Kier alpha value is -0.410. The normalized spacial score (nSPS) is 11.0. The monoisotopic (exact) mass is 198 g/mol. The summed E-state index contributed by atoms with van der Waals surface area (Å²) in [4.78, 5) is 4.23. The number of hydrogen-bond acceptors (Lipinski definition) is 3. The number of nitrogens with one attached hydrogen (secondary N) is 1. The van der Waals surface area contributed by atoms with Gasteiger partial charge in [0, 0.05) is 18.3 Å². The van der Waals surface area contributed by atoms with E-state index in [-0.39, 0.29) is 0 Å². The van der Waals surface area contributed by atoms with Crippen LogP contribution < -0.4 is 5.32 Å². The number of hydrogen-bond donors (Lipinski definition) is 1. The summed E-state index contributed by atoms with van der Waals surface area (Å²) < 4.78 is 0. The third kappa shape index (κ3) is 5.01. The van der Waals surface area contributed by atoms with Gasteiger partial charge in [-0.25, -0.2) is 4.98 Å². The predicted molar refractivity (Wildman–Crippen MR) is 58.1 cm³/mol. The number of rotatable bonds is 6. The van der Waals surface area contributed by atoms with Gasteiger partial charge in [-0.05, 0) is 18.9 Å². The van der Waals surface area contributed by atoms with Crippen LogP contribution in [0, 0.1) is 5.92 Å².